The Kier molecular flexibility index (Phi) is 4.84. The molecule has 7 heteroatoms. The van der Waals surface area contributed by atoms with Gasteiger partial charge in [0.05, 0.1) is 12.6 Å². The van der Waals surface area contributed by atoms with Gasteiger partial charge in [0, 0.05) is 32.0 Å². The van der Waals surface area contributed by atoms with E-state index in [4.69, 9.17) is 9.26 Å². The van der Waals surface area contributed by atoms with Crippen molar-refractivity contribution >= 4 is 0 Å². The number of hydrogen-bond donors (Lipinski definition) is 1. The molecular weight excluding hydrogens is 282 g/mol. The van der Waals surface area contributed by atoms with Gasteiger partial charge in [-0.1, -0.05) is 11.6 Å². The summed E-state index contributed by atoms with van der Waals surface area (Å²) in [5.74, 6) is 2.39. The van der Waals surface area contributed by atoms with Crippen LogP contribution in [0.3, 0.4) is 0 Å². The van der Waals surface area contributed by atoms with Crippen LogP contribution in [0.15, 0.2) is 10.7 Å². The summed E-state index contributed by atoms with van der Waals surface area (Å²) >= 11 is 0. The van der Waals surface area contributed by atoms with Crippen molar-refractivity contribution in [3.63, 3.8) is 0 Å². The molecule has 1 atom stereocenters. The van der Waals surface area contributed by atoms with Crippen LogP contribution in [-0.2, 0) is 17.7 Å². The minimum Gasteiger partial charge on any atom is -0.384 e. The molecule has 120 valence electrons. The number of aromatic amines is 1. The molecule has 1 aliphatic heterocycles. The van der Waals surface area contributed by atoms with Crippen molar-refractivity contribution in [2.75, 3.05) is 20.3 Å². The summed E-state index contributed by atoms with van der Waals surface area (Å²) in [6, 6.07) is 0.196. The zero-order valence-corrected chi connectivity index (χ0v) is 13.2. The Hall–Kier alpha value is -1.73. The minimum absolute atomic E-state index is 0.196. The molecule has 1 N–H and O–H groups in total. The Morgan fingerprint density at radius 3 is 3.14 bits per heavy atom. The molecule has 3 rings (SSSR count). The van der Waals surface area contributed by atoms with Gasteiger partial charge in [-0.2, -0.15) is 4.98 Å². The van der Waals surface area contributed by atoms with E-state index in [9.17, 15) is 0 Å². The van der Waals surface area contributed by atoms with Crippen molar-refractivity contribution in [1.82, 2.24) is 25.0 Å². The Bertz CT molecular complexity index is 594. The van der Waals surface area contributed by atoms with Crippen LogP contribution >= 0.6 is 0 Å². The predicted molar refractivity (Wildman–Crippen MR) is 80.2 cm³/mol. The molecule has 0 spiro atoms. The first-order valence-electron chi connectivity index (χ1n) is 7.82. The third-order valence-electron chi connectivity index (χ3n) is 4.04. The standard InChI is InChI=1S/C15H23N5O2/c1-11-16-9-12(17-11)10-20-7-4-3-5-13(20)15-18-14(19-22-15)6-8-21-2/h9,13H,3-8,10H2,1-2H3,(H,16,17)/t13-/m1/s1. The first kappa shape index (κ1) is 15.2. The second kappa shape index (κ2) is 7.02. The minimum atomic E-state index is 0.196. The van der Waals surface area contributed by atoms with Crippen molar-refractivity contribution in [2.24, 2.45) is 0 Å². The van der Waals surface area contributed by atoms with Crippen LogP contribution in [0.25, 0.3) is 0 Å². The zero-order chi connectivity index (χ0) is 15.4. The summed E-state index contributed by atoms with van der Waals surface area (Å²) in [5, 5.41) is 4.06. The fraction of sp³-hybridized carbons (Fsp3) is 0.667. The number of nitrogens with zero attached hydrogens (tertiary/aromatic N) is 4. The third-order valence-corrected chi connectivity index (χ3v) is 4.04. The van der Waals surface area contributed by atoms with Crippen LogP contribution in [0, 0.1) is 6.92 Å². The number of ether oxygens (including phenoxy) is 1. The summed E-state index contributed by atoms with van der Waals surface area (Å²) in [4.78, 5) is 14.5. The van der Waals surface area contributed by atoms with E-state index in [1.54, 1.807) is 7.11 Å². The molecule has 0 bridgehead atoms. The Morgan fingerprint density at radius 1 is 1.45 bits per heavy atom. The van der Waals surface area contributed by atoms with Crippen LogP contribution < -0.4 is 0 Å². The molecule has 0 saturated carbocycles. The molecule has 1 saturated heterocycles. The van der Waals surface area contributed by atoms with Crippen LogP contribution in [0.4, 0.5) is 0 Å². The topological polar surface area (TPSA) is 80.1 Å². The summed E-state index contributed by atoms with van der Waals surface area (Å²) < 4.78 is 10.5. The van der Waals surface area contributed by atoms with Gasteiger partial charge in [0.1, 0.15) is 5.82 Å². The predicted octanol–water partition coefficient (Wildman–Crippen LogP) is 2.02. The summed E-state index contributed by atoms with van der Waals surface area (Å²) in [5.41, 5.74) is 1.13. The highest BCUT2D eigenvalue weighted by molar-refractivity contribution is 5.03. The maximum Gasteiger partial charge on any atom is 0.244 e. The highest BCUT2D eigenvalue weighted by Gasteiger charge is 2.29. The smallest absolute Gasteiger partial charge is 0.244 e. The normalized spacial score (nSPS) is 19.6. The van der Waals surface area contributed by atoms with Gasteiger partial charge in [0.2, 0.25) is 5.89 Å². The van der Waals surface area contributed by atoms with Gasteiger partial charge in [-0.15, -0.1) is 0 Å². The molecule has 7 nitrogen and oxygen atoms in total. The van der Waals surface area contributed by atoms with Crippen LogP contribution in [0.5, 0.6) is 0 Å². The summed E-state index contributed by atoms with van der Waals surface area (Å²) in [6.07, 6.45) is 6.04. The van der Waals surface area contributed by atoms with Gasteiger partial charge in [-0.3, -0.25) is 4.90 Å². The van der Waals surface area contributed by atoms with Gasteiger partial charge in [0.25, 0.3) is 0 Å². The molecule has 0 amide bonds. The average Bonchev–Trinajstić information content (AvgIpc) is 3.15. The molecule has 0 aliphatic carbocycles. The molecule has 0 unspecified atom stereocenters. The monoisotopic (exact) mass is 305 g/mol. The Balaban J connectivity index is 1.70. The van der Waals surface area contributed by atoms with Gasteiger partial charge < -0.3 is 14.2 Å². The number of methoxy groups -OCH3 is 1. The highest BCUT2D eigenvalue weighted by atomic mass is 16.5. The van der Waals surface area contributed by atoms with Gasteiger partial charge in [-0.25, -0.2) is 4.98 Å². The van der Waals surface area contributed by atoms with E-state index in [2.05, 4.69) is 25.0 Å². The molecule has 3 heterocycles. The lowest BCUT2D eigenvalue weighted by Gasteiger charge is -2.32. The lowest BCUT2D eigenvalue weighted by molar-refractivity contribution is 0.110. The largest absolute Gasteiger partial charge is 0.384 e. The molecule has 2 aromatic heterocycles. The third kappa shape index (κ3) is 3.53. The van der Waals surface area contributed by atoms with Crippen LogP contribution in [0.2, 0.25) is 0 Å². The molecule has 22 heavy (non-hydrogen) atoms. The van der Waals surface area contributed by atoms with E-state index in [0.717, 1.165) is 42.7 Å². The second-order valence-electron chi connectivity index (χ2n) is 5.77. The number of imidazole rings is 1. The number of aryl methyl sites for hydroxylation is 1. The van der Waals surface area contributed by atoms with Crippen molar-refractivity contribution in [2.45, 2.75) is 45.2 Å². The number of nitrogens with one attached hydrogen (secondary N) is 1. The van der Waals surface area contributed by atoms with Gasteiger partial charge in [-0.05, 0) is 26.3 Å². The van der Waals surface area contributed by atoms with Gasteiger partial charge >= 0.3 is 0 Å². The number of likely N-dealkylation sites (tertiary alicyclic amines) is 1. The number of rotatable bonds is 6. The number of H-pyrrole nitrogens is 1. The fourth-order valence-corrected chi connectivity index (χ4v) is 2.93. The molecule has 2 aromatic rings. The summed E-state index contributed by atoms with van der Waals surface area (Å²) in [7, 11) is 1.68. The zero-order valence-electron chi connectivity index (χ0n) is 13.2. The van der Waals surface area contributed by atoms with Crippen molar-refractivity contribution in [3.8, 4) is 0 Å². The average molecular weight is 305 g/mol. The SMILES string of the molecule is COCCc1noc([C@H]2CCCCN2Cc2cnc(C)[nH]2)n1. The molecule has 1 aliphatic rings. The number of aromatic nitrogens is 4. The highest BCUT2D eigenvalue weighted by Crippen LogP contribution is 2.31. The number of piperidine rings is 1. The lowest BCUT2D eigenvalue weighted by Crippen LogP contribution is -2.33. The lowest BCUT2D eigenvalue weighted by atomic mass is 10.0. The van der Waals surface area contributed by atoms with Crippen molar-refractivity contribution < 1.29 is 9.26 Å². The number of hydrogen-bond acceptors (Lipinski definition) is 6. The van der Waals surface area contributed by atoms with E-state index in [1.165, 1.54) is 12.8 Å². The van der Waals surface area contributed by atoms with Crippen molar-refractivity contribution in [3.05, 3.63) is 29.4 Å². The maximum absolute atomic E-state index is 5.49. The molecule has 0 radical (unpaired) electrons. The Labute approximate surface area is 130 Å². The van der Waals surface area contributed by atoms with Crippen LogP contribution in [0.1, 0.15) is 48.5 Å². The first-order chi connectivity index (χ1) is 10.8. The summed E-state index contributed by atoms with van der Waals surface area (Å²) in [6.45, 7) is 4.46. The Morgan fingerprint density at radius 2 is 2.36 bits per heavy atom. The van der Waals surface area contributed by atoms with Crippen molar-refractivity contribution in [1.29, 1.82) is 0 Å². The van der Waals surface area contributed by atoms with E-state index in [0.29, 0.717) is 13.0 Å². The van der Waals surface area contributed by atoms with E-state index in [-0.39, 0.29) is 6.04 Å². The first-order valence-corrected chi connectivity index (χ1v) is 7.82. The fourth-order valence-electron chi connectivity index (χ4n) is 2.93. The molecular formula is C15H23N5O2. The van der Waals surface area contributed by atoms with E-state index < -0.39 is 0 Å². The van der Waals surface area contributed by atoms with E-state index >= 15 is 0 Å². The van der Waals surface area contributed by atoms with Gasteiger partial charge in [0.15, 0.2) is 5.82 Å². The molecule has 1 fully saturated rings. The maximum atomic E-state index is 5.49. The van der Waals surface area contributed by atoms with E-state index in [1.807, 2.05) is 13.1 Å². The quantitative estimate of drug-likeness (QED) is 0.879. The molecule has 0 aromatic carbocycles. The second-order valence-corrected chi connectivity index (χ2v) is 5.77. The van der Waals surface area contributed by atoms with Crippen LogP contribution in [-0.4, -0.2) is 45.3 Å².